The normalized spacial score (nSPS) is 13.3. The van der Waals surface area contributed by atoms with Crippen molar-refractivity contribution in [3.8, 4) is 0 Å². The first-order valence-electron chi connectivity index (χ1n) is 8.18. The van der Waals surface area contributed by atoms with E-state index in [4.69, 9.17) is 4.42 Å². The number of aryl methyl sites for hydroxylation is 1. The van der Waals surface area contributed by atoms with E-state index in [-0.39, 0.29) is 28.8 Å². The number of carbonyl (C=O) groups excluding carboxylic acids is 2. The molecular formula is C17H15N5O4S. The third-order valence-electron chi connectivity index (χ3n) is 4.16. The van der Waals surface area contributed by atoms with Gasteiger partial charge in [-0.15, -0.1) is 0 Å². The van der Waals surface area contributed by atoms with Crippen molar-refractivity contribution >= 4 is 28.3 Å². The summed E-state index contributed by atoms with van der Waals surface area (Å²) in [6, 6.07) is 5.97. The molecule has 0 spiro atoms. The number of hydrogen-bond acceptors (Lipinski definition) is 7. The number of nitrogens with one attached hydrogen (secondary N) is 1. The van der Waals surface area contributed by atoms with Crippen LogP contribution in [0.15, 0.2) is 39.7 Å². The minimum atomic E-state index is -0.367. The second-order valence-corrected chi connectivity index (χ2v) is 7.06. The van der Waals surface area contributed by atoms with Gasteiger partial charge in [-0.05, 0) is 18.2 Å². The molecule has 0 bridgehead atoms. The molecule has 2 amide bonds. The first-order chi connectivity index (χ1) is 13.0. The lowest BCUT2D eigenvalue weighted by atomic mass is 10.1. The quantitative estimate of drug-likeness (QED) is 0.727. The molecule has 27 heavy (non-hydrogen) atoms. The number of thiazole rings is 1. The number of nitrogens with zero attached hydrogens (tertiary/aromatic N) is 4. The summed E-state index contributed by atoms with van der Waals surface area (Å²) in [5.74, 6) is -0.403. The highest BCUT2D eigenvalue weighted by molar-refractivity contribution is 7.15. The predicted octanol–water partition coefficient (Wildman–Crippen LogP) is 1.28. The summed E-state index contributed by atoms with van der Waals surface area (Å²) < 4.78 is 6.20. The highest BCUT2D eigenvalue weighted by Crippen LogP contribution is 2.29. The maximum atomic E-state index is 12.7. The van der Waals surface area contributed by atoms with Crippen molar-refractivity contribution in [1.82, 2.24) is 19.7 Å². The van der Waals surface area contributed by atoms with Crippen molar-refractivity contribution in [2.45, 2.75) is 13.0 Å². The Hall–Kier alpha value is -3.27. The van der Waals surface area contributed by atoms with E-state index in [0.29, 0.717) is 24.6 Å². The van der Waals surface area contributed by atoms with Crippen molar-refractivity contribution in [2.24, 2.45) is 7.05 Å². The van der Waals surface area contributed by atoms with Gasteiger partial charge in [-0.25, -0.2) is 9.67 Å². The third kappa shape index (κ3) is 3.38. The van der Waals surface area contributed by atoms with Crippen LogP contribution in [0, 0.1) is 0 Å². The van der Waals surface area contributed by atoms with Gasteiger partial charge >= 0.3 is 0 Å². The lowest BCUT2D eigenvalue weighted by Crippen LogP contribution is -2.37. The number of furan rings is 1. The van der Waals surface area contributed by atoms with Gasteiger partial charge in [0.25, 0.3) is 17.4 Å². The van der Waals surface area contributed by atoms with E-state index in [1.807, 2.05) is 0 Å². The van der Waals surface area contributed by atoms with Crippen LogP contribution in [0.2, 0.25) is 0 Å². The van der Waals surface area contributed by atoms with E-state index < -0.39 is 0 Å². The molecule has 4 rings (SSSR count). The van der Waals surface area contributed by atoms with Crippen LogP contribution in [-0.2, 0) is 20.0 Å². The van der Waals surface area contributed by atoms with E-state index in [2.05, 4.69) is 15.4 Å². The van der Waals surface area contributed by atoms with Gasteiger partial charge in [0.1, 0.15) is 5.69 Å². The topological polar surface area (TPSA) is 110 Å². The minimum Gasteiger partial charge on any atom is -0.459 e. The molecule has 1 aliphatic rings. The third-order valence-corrected chi connectivity index (χ3v) is 5.16. The van der Waals surface area contributed by atoms with Crippen LogP contribution >= 0.6 is 11.3 Å². The van der Waals surface area contributed by atoms with Crippen LogP contribution in [0.5, 0.6) is 0 Å². The fourth-order valence-corrected chi connectivity index (χ4v) is 3.79. The molecular weight excluding hydrogens is 370 g/mol. The van der Waals surface area contributed by atoms with Crippen LogP contribution in [0.1, 0.15) is 31.6 Å². The molecule has 0 unspecified atom stereocenters. The molecule has 1 N–H and O–H groups in total. The van der Waals surface area contributed by atoms with Gasteiger partial charge in [0.05, 0.1) is 18.5 Å². The first kappa shape index (κ1) is 17.2. The van der Waals surface area contributed by atoms with Crippen molar-refractivity contribution in [3.63, 3.8) is 0 Å². The van der Waals surface area contributed by atoms with Crippen molar-refractivity contribution < 1.29 is 14.0 Å². The first-order valence-corrected chi connectivity index (χ1v) is 9.00. The standard InChI is InChI=1S/C17H15N5O4S/c1-21-14(23)5-4-11(20-21)16(25)22-7-6-10-13(9-22)27-17(18-10)19-15(24)12-3-2-8-26-12/h2-5,8H,6-7,9H2,1H3,(H,18,19,24). The van der Waals surface area contributed by atoms with Gasteiger partial charge in [-0.1, -0.05) is 11.3 Å². The summed E-state index contributed by atoms with van der Waals surface area (Å²) in [4.78, 5) is 43.2. The second-order valence-electron chi connectivity index (χ2n) is 5.98. The predicted molar refractivity (Wildman–Crippen MR) is 96.7 cm³/mol. The second kappa shape index (κ2) is 6.80. The summed E-state index contributed by atoms with van der Waals surface area (Å²) in [6.07, 6.45) is 2.01. The van der Waals surface area contributed by atoms with Gasteiger partial charge in [-0.2, -0.15) is 5.10 Å². The van der Waals surface area contributed by atoms with Crippen molar-refractivity contribution in [2.75, 3.05) is 11.9 Å². The fraction of sp³-hybridized carbons (Fsp3) is 0.235. The Labute approximate surface area is 157 Å². The van der Waals surface area contributed by atoms with Crippen LogP contribution in [-0.4, -0.2) is 38.0 Å². The van der Waals surface area contributed by atoms with E-state index in [0.717, 1.165) is 15.3 Å². The summed E-state index contributed by atoms with van der Waals surface area (Å²) in [5.41, 5.74) is 0.815. The summed E-state index contributed by atoms with van der Waals surface area (Å²) in [5, 5.41) is 7.19. The monoisotopic (exact) mass is 385 g/mol. The van der Waals surface area contributed by atoms with E-state index >= 15 is 0 Å². The number of carbonyl (C=O) groups is 2. The molecule has 138 valence electrons. The average Bonchev–Trinajstić information content (AvgIpc) is 3.32. The number of rotatable bonds is 3. The molecule has 0 fully saturated rings. The van der Waals surface area contributed by atoms with Gasteiger partial charge in [0.15, 0.2) is 10.9 Å². The van der Waals surface area contributed by atoms with Crippen molar-refractivity contribution in [1.29, 1.82) is 0 Å². The molecule has 0 atom stereocenters. The van der Waals surface area contributed by atoms with Crippen LogP contribution in [0.25, 0.3) is 0 Å². The smallest absolute Gasteiger partial charge is 0.293 e. The summed E-state index contributed by atoms with van der Waals surface area (Å²) in [7, 11) is 1.50. The highest BCUT2D eigenvalue weighted by atomic mass is 32.1. The minimum absolute atomic E-state index is 0.209. The van der Waals surface area contributed by atoms with Crippen LogP contribution in [0.3, 0.4) is 0 Å². The van der Waals surface area contributed by atoms with E-state index in [1.54, 1.807) is 17.0 Å². The van der Waals surface area contributed by atoms with E-state index in [9.17, 15) is 14.4 Å². The largest absolute Gasteiger partial charge is 0.459 e. The Balaban J connectivity index is 1.49. The van der Waals surface area contributed by atoms with Gasteiger partial charge in [0.2, 0.25) is 0 Å². The molecule has 0 saturated heterocycles. The molecule has 0 radical (unpaired) electrons. The zero-order valence-corrected chi connectivity index (χ0v) is 15.2. The maximum absolute atomic E-state index is 12.7. The van der Waals surface area contributed by atoms with Crippen LogP contribution < -0.4 is 10.9 Å². The Morgan fingerprint density at radius 3 is 2.89 bits per heavy atom. The molecule has 3 aromatic heterocycles. The Morgan fingerprint density at radius 2 is 2.15 bits per heavy atom. The lowest BCUT2D eigenvalue weighted by molar-refractivity contribution is 0.0727. The van der Waals surface area contributed by atoms with Crippen LogP contribution in [0.4, 0.5) is 5.13 Å². The molecule has 3 aromatic rings. The van der Waals surface area contributed by atoms with Crippen molar-refractivity contribution in [3.05, 3.63) is 62.9 Å². The zero-order chi connectivity index (χ0) is 19.0. The molecule has 0 aromatic carbocycles. The Morgan fingerprint density at radius 1 is 1.30 bits per heavy atom. The number of aromatic nitrogens is 3. The lowest BCUT2D eigenvalue weighted by Gasteiger charge is -2.25. The number of amides is 2. The number of fused-ring (bicyclic) bond motifs is 1. The Bertz CT molecular complexity index is 1070. The molecule has 10 heteroatoms. The average molecular weight is 385 g/mol. The van der Waals surface area contributed by atoms with Gasteiger partial charge in [0, 0.05) is 31.0 Å². The number of anilines is 1. The SMILES string of the molecule is Cn1nc(C(=O)N2CCc3nc(NC(=O)c4ccco4)sc3C2)ccc1=O. The molecule has 0 saturated carbocycles. The maximum Gasteiger partial charge on any atom is 0.293 e. The van der Waals surface area contributed by atoms with Gasteiger partial charge in [-0.3, -0.25) is 19.7 Å². The molecule has 0 aliphatic carbocycles. The molecule has 9 nitrogen and oxygen atoms in total. The van der Waals surface area contributed by atoms with E-state index in [1.165, 1.54) is 36.8 Å². The van der Waals surface area contributed by atoms with Gasteiger partial charge < -0.3 is 9.32 Å². The summed E-state index contributed by atoms with van der Waals surface area (Å²) in [6.45, 7) is 0.874. The molecule has 4 heterocycles. The molecule has 1 aliphatic heterocycles. The number of hydrogen-bond donors (Lipinski definition) is 1. The Kier molecular flexibility index (Phi) is 4.32. The summed E-state index contributed by atoms with van der Waals surface area (Å²) >= 11 is 1.33. The zero-order valence-electron chi connectivity index (χ0n) is 14.3. The fourth-order valence-electron chi connectivity index (χ4n) is 2.77. The highest BCUT2D eigenvalue weighted by Gasteiger charge is 2.26.